The minimum atomic E-state index is -1.74. The molecule has 0 amide bonds. The summed E-state index contributed by atoms with van der Waals surface area (Å²) < 4.78 is 46.0. The molecular weight excluding hydrogens is 273 g/mol. The largest absolute Gasteiger partial charge is 0.453 e. The molecule has 0 saturated carbocycles. The molecule has 2 aromatic rings. The lowest BCUT2D eigenvalue weighted by molar-refractivity contribution is 0.110. The molecule has 0 atom stereocenters. The fraction of sp³-hybridized carbons (Fsp3) is 0. The van der Waals surface area contributed by atoms with Crippen LogP contribution in [0.4, 0.5) is 13.2 Å². The van der Waals surface area contributed by atoms with Gasteiger partial charge < -0.3 is 4.42 Å². The molecule has 0 aliphatic heterocycles. The first-order valence-corrected chi connectivity index (χ1v) is 5.11. The lowest BCUT2D eigenvalue weighted by Gasteiger charge is -2.07. The summed E-state index contributed by atoms with van der Waals surface area (Å²) in [7, 11) is 0. The lowest BCUT2D eigenvalue weighted by atomic mass is 10.0. The molecule has 2 rings (SSSR count). The van der Waals surface area contributed by atoms with Crippen molar-refractivity contribution in [1.29, 1.82) is 10.5 Å². The maximum atomic E-state index is 14.0. The lowest BCUT2D eigenvalue weighted by Crippen LogP contribution is -2.03. The monoisotopic (exact) mass is 276 g/mol. The van der Waals surface area contributed by atoms with Crippen molar-refractivity contribution in [3.05, 3.63) is 46.5 Å². The molecule has 0 fully saturated rings. The van der Waals surface area contributed by atoms with E-state index < -0.39 is 34.1 Å². The number of nitriles is 2. The van der Waals surface area contributed by atoms with E-state index in [1.165, 1.54) is 12.1 Å². The number of hydrogen-bond donors (Lipinski definition) is 0. The first-order chi connectivity index (χ1) is 9.54. The van der Waals surface area contributed by atoms with Crippen LogP contribution in [-0.4, -0.2) is 6.29 Å². The molecule has 7 heteroatoms. The minimum absolute atomic E-state index is 0.188. The van der Waals surface area contributed by atoms with Gasteiger partial charge in [-0.2, -0.15) is 10.5 Å². The van der Waals surface area contributed by atoms with Crippen LogP contribution < -0.4 is 0 Å². The third-order valence-electron chi connectivity index (χ3n) is 2.53. The number of carbonyl (C=O) groups is 1. The Hall–Kier alpha value is -3.06. The smallest absolute Gasteiger partial charge is 0.185 e. The molecule has 0 aliphatic carbocycles. The van der Waals surface area contributed by atoms with Crippen LogP contribution in [0.2, 0.25) is 0 Å². The topological polar surface area (TPSA) is 77.8 Å². The van der Waals surface area contributed by atoms with Crippen molar-refractivity contribution in [1.82, 2.24) is 0 Å². The average molecular weight is 276 g/mol. The molecule has 0 bridgehead atoms. The highest BCUT2D eigenvalue weighted by Crippen LogP contribution is 2.33. The summed E-state index contributed by atoms with van der Waals surface area (Å²) >= 11 is 0. The first-order valence-electron chi connectivity index (χ1n) is 5.11. The Morgan fingerprint density at radius 2 is 1.60 bits per heavy atom. The van der Waals surface area contributed by atoms with Crippen LogP contribution in [0.3, 0.4) is 0 Å². The maximum absolute atomic E-state index is 14.0. The van der Waals surface area contributed by atoms with Crippen LogP contribution in [0, 0.1) is 40.1 Å². The second-order valence-electron chi connectivity index (χ2n) is 3.61. The van der Waals surface area contributed by atoms with Crippen LogP contribution in [-0.2, 0) is 0 Å². The fourth-order valence-electron chi connectivity index (χ4n) is 1.65. The van der Waals surface area contributed by atoms with Gasteiger partial charge in [-0.1, -0.05) is 0 Å². The number of halogens is 3. The standard InChI is InChI=1S/C13H3F3N2O2/c14-11-8(4-18)13(16)12(15)7(3-17)10(11)9-2-1-6(5-19)20-9/h1-2,5H. The van der Waals surface area contributed by atoms with Gasteiger partial charge in [0, 0.05) is 0 Å². The van der Waals surface area contributed by atoms with Gasteiger partial charge in [-0.25, -0.2) is 13.2 Å². The molecule has 0 radical (unpaired) electrons. The van der Waals surface area contributed by atoms with Crippen molar-refractivity contribution in [2.45, 2.75) is 0 Å². The summed E-state index contributed by atoms with van der Waals surface area (Å²) in [4.78, 5) is 10.5. The molecule has 1 aromatic carbocycles. The molecule has 0 spiro atoms. The van der Waals surface area contributed by atoms with Gasteiger partial charge in [0.1, 0.15) is 29.0 Å². The van der Waals surface area contributed by atoms with Crippen LogP contribution in [0.1, 0.15) is 21.7 Å². The number of hydrogen-bond acceptors (Lipinski definition) is 4. The van der Waals surface area contributed by atoms with Crippen molar-refractivity contribution >= 4 is 6.29 Å². The van der Waals surface area contributed by atoms with E-state index in [1.54, 1.807) is 0 Å². The normalized spacial score (nSPS) is 9.85. The average Bonchev–Trinajstić information content (AvgIpc) is 2.91. The molecule has 0 unspecified atom stereocenters. The van der Waals surface area contributed by atoms with E-state index in [0.29, 0.717) is 6.29 Å². The second kappa shape index (κ2) is 4.90. The Balaban J connectivity index is 2.88. The predicted octanol–water partition coefficient (Wildman–Crippen LogP) is 2.92. The summed E-state index contributed by atoms with van der Waals surface area (Å²) in [6, 6.07) is 4.76. The third-order valence-corrected chi connectivity index (χ3v) is 2.53. The van der Waals surface area contributed by atoms with E-state index in [1.807, 2.05) is 0 Å². The summed E-state index contributed by atoms with van der Waals surface area (Å²) in [6.07, 6.45) is 0.318. The number of aldehydes is 1. The summed E-state index contributed by atoms with van der Waals surface area (Å²) in [5.74, 6) is -5.35. The Morgan fingerprint density at radius 3 is 2.10 bits per heavy atom. The predicted molar refractivity (Wildman–Crippen MR) is 58.8 cm³/mol. The summed E-state index contributed by atoms with van der Waals surface area (Å²) in [5.41, 5.74) is -2.80. The molecule has 4 nitrogen and oxygen atoms in total. The van der Waals surface area contributed by atoms with Crippen LogP contribution >= 0.6 is 0 Å². The molecule has 0 aliphatic rings. The number of carbonyl (C=O) groups excluding carboxylic acids is 1. The molecule has 1 aromatic heterocycles. The number of rotatable bonds is 2. The van der Waals surface area contributed by atoms with Crippen molar-refractivity contribution < 1.29 is 22.4 Å². The van der Waals surface area contributed by atoms with E-state index in [0.717, 1.165) is 12.1 Å². The first kappa shape index (κ1) is 13.4. The van der Waals surface area contributed by atoms with Crippen molar-refractivity contribution in [2.75, 3.05) is 0 Å². The Kier molecular flexibility index (Phi) is 3.28. The molecule has 0 N–H and O–H groups in total. The van der Waals surface area contributed by atoms with Crippen molar-refractivity contribution in [2.24, 2.45) is 0 Å². The third kappa shape index (κ3) is 1.82. The van der Waals surface area contributed by atoms with Gasteiger partial charge in [-0.15, -0.1) is 0 Å². The van der Waals surface area contributed by atoms with E-state index in [4.69, 9.17) is 14.9 Å². The van der Waals surface area contributed by atoms with Gasteiger partial charge in [0.25, 0.3) is 0 Å². The second-order valence-corrected chi connectivity index (χ2v) is 3.61. The Bertz CT molecular complexity index is 797. The fourth-order valence-corrected chi connectivity index (χ4v) is 1.65. The number of furan rings is 1. The van der Waals surface area contributed by atoms with Crippen LogP contribution in [0.15, 0.2) is 16.5 Å². The summed E-state index contributed by atoms with van der Waals surface area (Å²) in [6.45, 7) is 0. The zero-order valence-electron chi connectivity index (χ0n) is 9.58. The van der Waals surface area contributed by atoms with Crippen molar-refractivity contribution in [3.63, 3.8) is 0 Å². The molecule has 1 heterocycles. The number of benzene rings is 1. The SMILES string of the molecule is N#Cc1c(F)c(F)c(C#N)c(-c2ccc(C=O)o2)c1F. The Morgan fingerprint density at radius 1 is 1.00 bits per heavy atom. The highest BCUT2D eigenvalue weighted by molar-refractivity contribution is 5.75. The van der Waals surface area contributed by atoms with E-state index in [9.17, 15) is 18.0 Å². The van der Waals surface area contributed by atoms with Gasteiger partial charge >= 0.3 is 0 Å². The zero-order chi connectivity index (χ0) is 14.9. The van der Waals surface area contributed by atoms with E-state index in [-0.39, 0.29) is 11.5 Å². The van der Waals surface area contributed by atoms with Gasteiger partial charge in [-0.05, 0) is 12.1 Å². The van der Waals surface area contributed by atoms with Crippen molar-refractivity contribution in [3.8, 4) is 23.5 Å². The van der Waals surface area contributed by atoms with Gasteiger partial charge in [0.2, 0.25) is 0 Å². The van der Waals surface area contributed by atoms with Gasteiger partial charge in [-0.3, -0.25) is 4.79 Å². The molecule has 0 saturated heterocycles. The quantitative estimate of drug-likeness (QED) is 0.624. The maximum Gasteiger partial charge on any atom is 0.185 e. The highest BCUT2D eigenvalue weighted by Gasteiger charge is 2.27. The Labute approximate surface area is 110 Å². The molecular formula is C13H3F3N2O2. The van der Waals surface area contributed by atoms with E-state index >= 15 is 0 Å². The van der Waals surface area contributed by atoms with Gasteiger partial charge in [0.05, 0.1) is 5.56 Å². The zero-order valence-corrected chi connectivity index (χ0v) is 9.58. The highest BCUT2D eigenvalue weighted by atomic mass is 19.2. The van der Waals surface area contributed by atoms with Crippen LogP contribution in [0.5, 0.6) is 0 Å². The molecule has 98 valence electrons. The van der Waals surface area contributed by atoms with Gasteiger partial charge in [0.15, 0.2) is 29.5 Å². The van der Waals surface area contributed by atoms with E-state index in [2.05, 4.69) is 0 Å². The molecule has 20 heavy (non-hydrogen) atoms. The summed E-state index contributed by atoms with van der Waals surface area (Å²) in [5, 5.41) is 17.5. The number of nitrogens with zero attached hydrogens (tertiary/aromatic N) is 2. The van der Waals surface area contributed by atoms with Crippen LogP contribution in [0.25, 0.3) is 11.3 Å². The minimum Gasteiger partial charge on any atom is -0.453 e.